The second-order valence-electron chi connectivity index (χ2n) is 10.8. The summed E-state index contributed by atoms with van der Waals surface area (Å²) in [6, 6.07) is 9.50. The summed E-state index contributed by atoms with van der Waals surface area (Å²) in [4.78, 5) is 4.48. The molecule has 40 heavy (non-hydrogen) atoms. The molecule has 0 aromatic heterocycles. The number of sulfone groups is 1. The number of rotatable bonds is 10. The first-order valence-electron chi connectivity index (χ1n) is 13.9. The van der Waals surface area contributed by atoms with E-state index < -0.39 is 21.8 Å². The molecule has 8 nitrogen and oxygen atoms in total. The maximum atomic E-state index is 15.4. The van der Waals surface area contributed by atoms with E-state index >= 15 is 4.39 Å². The van der Waals surface area contributed by atoms with Gasteiger partial charge in [0, 0.05) is 50.9 Å². The van der Waals surface area contributed by atoms with Gasteiger partial charge in [0.1, 0.15) is 6.10 Å². The molecular formula is C29H36ClFN4O4S. The Morgan fingerprint density at radius 2 is 2.00 bits per heavy atom. The fourth-order valence-electron chi connectivity index (χ4n) is 6.14. The van der Waals surface area contributed by atoms with Gasteiger partial charge in [-0.15, -0.1) is 0 Å². The van der Waals surface area contributed by atoms with Crippen molar-refractivity contribution in [3.8, 4) is 11.8 Å². The van der Waals surface area contributed by atoms with E-state index in [2.05, 4.69) is 21.2 Å². The maximum Gasteiger partial charge on any atom is 0.178 e. The Bertz CT molecular complexity index is 1360. The lowest BCUT2D eigenvalue weighted by Gasteiger charge is -2.36. The predicted octanol–water partition coefficient (Wildman–Crippen LogP) is 3.43. The lowest BCUT2D eigenvalue weighted by molar-refractivity contribution is 0.0667. The van der Waals surface area contributed by atoms with Crippen molar-refractivity contribution >= 4 is 21.4 Å². The van der Waals surface area contributed by atoms with Crippen LogP contribution in [-0.4, -0.2) is 89.0 Å². The number of hydrogen-bond acceptors (Lipinski definition) is 8. The Balaban J connectivity index is 1.33. The first kappa shape index (κ1) is 29.2. The van der Waals surface area contributed by atoms with E-state index in [4.69, 9.17) is 21.1 Å². The number of fused-ring (bicyclic) bond motifs is 1. The quantitative estimate of drug-likeness (QED) is 0.421. The SMILES string of the molecule is CCOCCN1CC[C@@H](CS(=O)(=O)c2ccc(O[C@H]3c4cc(Cl)cc(C#N)c4C[C@@H]3N3CCNCC3)c(F)c2)C1. The zero-order valence-corrected chi connectivity index (χ0v) is 24.3. The van der Waals surface area contributed by atoms with E-state index in [1.54, 1.807) is 12.1 Å². The molecular weight excluding hydrogens is 555 g/mol. The average Bonchev–Trinajstić information content (AvgIpc) is 3.53. The van der Waals surface area contributed by atoms with Gasteiger partial charge in [-0.2, -0.15) is 5.26 Å². The number of benzene rings is 2. The molecule has 0 amide bonds. The summed E-state index contributed by atoms with van der Waals surface area (Å²) in [6.45, 7) is 8.83. The van der Waals surface area contributed by atoms with Crippen LogP contribution in [0.1, 0.15) is 36.1 Å². The molecule has 2 heterocycles. The van der Waals surface area contributed by atoms with Crippen LogP contribution in [0.3, 0.4) is 0 Å². The predicted molar refractivity (Wildman–Crippen MR) is 151 cm³/mol. The molecule has 2 aromatic rings. The van der Waals surface area contributed by atoms with Gasteiger partial charge in [-0.25, -0.2) is 12.8 Å². The number of ether oxygens (including phenoxy) is 2. The van der Waals surface area contributed by atoms with Crippen molar-refractivity contribution in [1.29, 1.82) is 5.26 Å². The van der Waals surface area contributed by atoms with Crippen molar-refractivity contribution in [3.63, 3.8) is 0 Å². The van der Waals surface area contributed by atoms with E-state index in [1.807, 2.05) is 6.92 Å². The van der Waals surface area contributed by atoms with Crippen molar-refractivity contribution in [2.75, 3.05) is 64.8 Å². The Kier molecular flexibility index (Phi) is 9.30. The summed E-state index contributed by atoms with van der Waals surface area (Å²) in [6.07, 6.45) is 0.838. The fraction of sp³-hybridized carbons (Fsp3) is 0.552. The standard InChI is InChI=1S/C29H36ClFN4O4S/c1-2-38-12-11-34-8-5-20(18-34)19-40(36,37)23-3-4-28(26(31)15-23)39-29-25-14-22(30)13-21(17-32)24(25)16-27(29)35-9-6-33-7-10-35/h3-4,13-15,20,27,29,33H,2,5-12,16,18-19H2,1H3/t20-,27+,29+/m1/s1. The molecule has 2 aromatic carbocycles. The first-order valence-corrected chi connectivity index (χ1v) is 16.0. The van der Waals surface area contributed by atoms with Crippen LogP contribution in [0.15, 0.2) is 35.2 Å². The average molecular weight is 591 g/mol. The zero-order chi connectivity index (χ0) is 28.3. The summed E-state index contributed by atoms with van der Waals surface area (Å²) >= 11 is 6.34. The number of halogens is 2. The highest BCUT2D eigenvalue weighted by Crippen LogP contribution is 2.42. The van der Waals surface area contributed by atoms with Gasteiger partial charge in [0.25, 0.3) is 0 Å². The minimum Gasteiger partial charge on any atom is -0.481 e. The lowest BCUT2D eigenvalue weighted by atomic mass is 10.0. The molecule has 3 atom stereocenters. The molecule has 1 aliphatic carbocycles. The van der Waals surface area contributed by atoms with E-state index in [0.717, 1.165) is 62.9 Å². The molecule has 5 rings (SSSR count). The molecule has 2 aliphatic heterocycles. The van der Waals surface area contributed by atoms with Gasteiger partial charge in [-0.1, -0.05) is 11.6 Å². The molecule has 2 saturated heterocycles. The maximum absolute atomic E-state index is 15.4. The van der Waals surface area contributed by atoms with E-state index in [1.165, 1.54) is 12.1 Å². The normalized spacial score (nSPS) is 23.7. The summed E-state index contributed by atoms with van der Waals surface area (Å²) in [5, 5.41) is 13.5. The summed E-state index contributed by atoms with van der Waals surface area (Å²) in [5.41, 5.74) is 2.14. The molecule has 11 heteroatoms. The minimum atomic E-state index is -3.67. The van der Waals surface area contributed by atoms with Crippen molar-refractivity contribution < 1.29 is 22.3 Å². The van der Waals surface area contributed by atoms with E-state index in [-0.39, 0.29) is 28.4 Å². The van der Waals surface area contributed by atoms with Crippen molar-refractivity contribution in [3.05, 3.63) is 57.9 Å². The molecule has 3 aliphatic rings. The molecule has 0 radical (unpaired) electrons. The van der Waals surface area contributed by atoms with Crippen LogP contribution >= 0.6 is 11.6 Å². The largest absolute Gasteiger partial charge is 0.481 e. The highest BCUT2D eigenvalue weighted by atomic mass is 35.5. The van der Waals surface area contributed by atoms with Gasteiger partial charge in [0.15, 0.2) is 21.4 Å². The molecule has 0 bridgehead atoms. The third-order valence-corrected chi connectivity index (χ3v) is 10.3. The molecule has 216 valence electrons. The molecule has 0 spiro atoms. The Hall–Kier alpha value is -2.26. The zero-order valence-electron chi connectivity index (χ0n) is 22.7. The van der Waals surface area contributed by atoms with Crippen LogP contribution in [0.25, 0.3) is 0 Å². The Morgan fingerprint density at radius 1 is 1.20 bits per heavy atom. The topological polar surface area (TPSA) is 94.9 Å². The number of nitrogens with one attached hydrogen (secondary N) is 1. The highest BCUT2D eigenvalue weighted by Gasteiger charge is 2.40. The van der Waals surface area contributed by atoms with Gasteiger partial charge < -0.3 is 19.7 Å². The number of nitriles is 1. The van der Waals surface area contributed by atoms with E-state index in [9.17, 15) is 13.7 Å². The second kappa shape index (κ2) is 12.7. The van der Waals surface area contributed by atoms with Gasteiger partial charge in [-0.3, -0.25) is 4.90 Å². The third-order valence-electron chi connectivity index (χ3n) is 8.16. The smallest absolute Gasteiger partial charge is 0.178 e. The van der Waals surface area contributed by atoms with Crippen molar-refractivity contribution in [2.24, 2.45) is 5.92 Å². The number of hydrogen-bond donors (Lipinski definition) is 1. The van der Waals surface area contributed by atoms with Crippen LogP contribution in [0.5, 0.6) is 5.75 Å². The molecule has 2 fully saturated rings. The number of nitrogens with zero attached hydrogens (tertiary/aromatic N) is 3. The van der Waals surface area contributed by atoms with Gasteiger partial charge in [0.2, 0.25) is 0 Å². The van der Waals surface area contributed by atoms with Gasteiger partial charge in [0.05, 0.1) is 34.9 Å². The fourth-order valence-corrected chi connectivity index (χ4v) is 8.01. The molecule has 0 unspecified atom stereocenters. The summed E-state index contributed by atoms with van der Waals surface area (Å²) in [7, 11) is -3.67. The Labute approximate surface area is 240 Å². The molecule has 0 saturated carbocycles. The highest BCUT2D eigenvalue weighted by molar-refractivity contribution is 7.91. The molecule has 1 N–H and O–H groups in total. The number of likely N-dealkylation sites (tertiary alicyclic amines) is 1. The summed E-state index contributed by atoms with van der Waals surface area (Å²) in [5.74, 6) is -0.757. The van der Waals surface area contributed by atoms with Crippen molar-refractivity contribution in [2.45, 2.75) is 36.8 Å². The van der Waals surface area contributed by atoms with Crippen LogP contribution in [-0.2, 0) is 21.0 Å². The minimum absolute atomic E-state index is 0.000487. The summed E-state index contributed by atoms with van der Waals surface area (Å²) < 4.78 is 53.5. The third kappa shape index (κ3) is 6.46. The van der Waals surface area contributed by atoms with Crippen LogP contribution in [0.2, 0.25) is 5.02 Å². The first-order chi connectivity index (χ1) is 19.3. The second-order valence-corrected chi connectivity index (χ2v) is 13.2. The van der Waals surface area contributed by atoms with Crippen molar-refractivity contribution in [1.82, 2.24) is 15.1 Å². The Morgan fingerprint density at radius 3 is 2.73 bits per heavy atom. The van der Waals surface area contributed by atoms with Crippen LogP contribution < -0.4 is 10.1 Å². The van der Waals surface area contributed by atoms with Crippen LogP contribution in [0.4, 0.5) is 4.39 Å². The van der Waals surface area contributed by atoms with Gasteiger partial charge >= 0.3 is 0 Å². The van der Waals surface area contributed by atoms with E-state index in [0.29, 0.717) is 36.8 Å². The van der Waals surface area contributed by atoms with Gasteiger partial charge in [-0.05, 0) is 73.7 Å². The van der Waals surface area contributed by atoms with Crippen LogP contribution in [0, 0.1) is 23.1 Å². The number of piperazine rings is 1. The monoisotopic (exact) mass is 590 g/mol. The lowest BCUT2D eigenvalue weighted by Crippen LogP contribution is -2.50.